The number of halogens is 1. The normalized spacial score (nSPS) is 14.2. The van der Waals surface area contributed by atoms with Gasteiger partial charge in [0.15, 0.2) is 0 Å². The Labute approximate surface area is 113 Å². The van der Waals surface area contributed by atoms with E-state index >= 15 is 0 Å². The van der Waals surface area contributed by atoms with Gasteiger partial charge >= 0.3 is 0 Å². The molecule has 2 aromatic rings. The summed E-state index contributed by atoms with van der Waals surface area (Å²) in [6, 6.07) is 12.5. The van der Waals surface area contributed by atoms with Crippen LogP contribution in [-0.4, -0.2) is 4.98 Å². The van der Waals surface area contributed by atoms with Crippen molar-refractivity contribution in [2.24, 2.45) is 0 Å². The predicted octanol–water partition coefficient (Wildman–Crippen LogP) is 4.15. The third kappa shape index (κ3) is 3.09. The summed E-state index contributed by atoms with van der Waals surface area (Å²) in [6.45, 7) is 4.27. The van der Waals surface area contributed by atoms with E-state index < -0.39 is 0 Å². The molecule has 0 bridgehead atoms. The number of nitrogens with one attached hydrogen (secondary N) is 1. The van der Waals surface area contributed by atoms with Crippen LogP contribution in [0.3, 0.4) is 0 Å². The summed E-state index contributed by atoms with van der Waals surface area (Å²) in [5.74, 6) is 0. The maximum absolute atomic E-state index is 6.20. The molecule has 1 N–H and O–H groups in total. The Kier molecular flexibility index (Phi) is 4.34. The highest BCUT2D eigenvalue weighted by Gasteiger charge is 2.12. The Morgan fingerprint density at radius 2 is 1.67 bits per heavy atom. The summed E-state index contributed by atoms with van der Waals surface area (Å²) < 4.78 is 0. The molecule has 0 aliphatic carbocycles. The SMILES string of the molecule is CC(N[C@@H](C)c1ccncc1)c1ccccc1Cl. The summed E-state index contributed by atoms with van der Waals surface area (Å²) in [4.78, 5) is 4.03. The molecule has 0 amide bonds. The number of rotatable bonds is 4. The highest BCUT2D eigenvalue weighted by Crippen LogP contribution is 2.24. The third-order valence-corrected chi connectivity index (χ3v) is 3.42. The van der Waals surface area contributed by atoms with E-state index in [4.69, 9.17) is 11.6 Å². The average molecular weight is 261 g/mol. The Morgan fingerprint density at radius 3 is 2.33 bits per heavy atom. The summed E-state index contributed by atoms with van der Waals surface area (Å²) in [6.07, 6.45) is 3.63. The number of benzene rings is 1. The lowest BCUT2D eigenvalue weighted by molar-refractivity contribution is 0.494. The fourth-order valence-electron chi connectivity index (χ4n) is 2.04. The van der Waals surface area contributed by atoms with Crippen molar-refractivity contribution in [2.75, 3.05) is 0 Å². The van der Waals surface area contributed by atoms with Gasteiger partial charge in [-0.25, -0.2) is 0 Å². The van der Waals surface area contributed by atoms with Gasteiger partial charge in [-0.2, -0.15) is 0 Å². The molecule has 3 heteroatoms. The van der Waals surface area contributed by atoms with Gasteiger partial charge in [0, 0.05) is 29.5 Å². The highest BCUT2D eigenvalue weighted by molar-refractivity contribution is 6.31. The zero-order valence-corrected chi connectivity index (χ0v) is 11.4. The molecule has 2 atom stereocenters. The highest BCUT2D eigenvalue weighted by atomic mass is 35.5. The molecule has 94 valence electrons. The second-order valence-corrected chi connectivity index (χ2v) is 4.82. The zero-order chi connectivity index (χ0) is 13.0. The quantitative estimate of drug-likeness (QED) is 0.893. The molecule has 0 radical (unpaired) electrons. The van der Waals surface area contributed by atoms with Gasteiger partial charge in [0.1, 0.15) is 0 Å². The van der Waals surface area contributed by atoms with Gasteiger partial charge in [-0.05, 0) is 43.2 Å². The minimum Gasteiger partial charge on any atom is -0.304 e. The molecular weight excluding hydrogens is 244 g/mol. The molecule has 1 aromatic heterocycles. The fraction of sp³-hybridized carbons (Fsp3) is 0.267. The largest absolute Gasteiger partial charge is 0.304 e. The van der Waals surface area contributed by atoms with Crippen LogP contribution in [0.4, 0.5) is 0 Å². The van der Waals surface area contributed by atoms with E-state index in [1.807, 2.05) is 42.7 Å². The van der Waals surface area contributed by atoms with Crippen molar-refractivity contribution in [3.8, 4) is 0 Å². The van der Waals surface area contributed by atoms with Crippen molar-refractivity contribution in [1.82, 2.24) is 10.3 Å². The average Bonchev–Trinajstić information content (AvgIpc) is 2.40. The Morgan fingerprint density at radius 1 is 1.00 bits per heavy atom. The third-order valence-electron chi connectivity index (χ3n) is 3.08. The van der Waals surface area contributed by atoms with Crippen molar-refractivity contribution in [3.63, 3.8) is 0 Å². The van der Waals surface area contributed by atoms with E-state index in [1.54, 1.807) is 0 Å². The number of nitrogens with zero attached hydrogens (tertiary/aromatic N) is 1. The van der Waals surface area contributed by atoms with E-state index in [1.165, 1.54) is 5.56 Å². The first-order valence-corrected chi connectivity index (χ1v) is 6.46. The molecular formula is C15H17ClN2. The van der Waals surface area contributed by atoms with Crippen molar-refractivity contribution < 1.29 is 0 Å². The smallest absolute Gasteiger partial charge is 0.0453 e. The zero-order valence-electron chi connectivity index (χ0n) is 10.6. The number of hydrogen-bond acceptors (Lipinski definition) is 2. The van der Waals surface area contributed by atoms with Gasteiger partial charge in [0.2, 0.25) is 0 Å². The molecule has 1 aromatic carbocycles. The van der Waals surface area contributed by atoms with Crippen molar-refractivity contribution in [2.45, 2.75) is 25.9 Å². The minimum atomic E-state index is 0.210. The Balaban J connectivity index is 2.08. The Bertz CT molecular complexity index is 499. The fourth-order valence-corrected chi connectivity index (χ4v) is 2.34. The lowest BCUT2D eigenvalue weighted by atomic mass is 10.1. The Hall–Kier alpha value is -1.38. The molecule has 0 fully saturated rings. The van der Waals surface area contributed by atoms with E-state index in [9.17, 15) is 0 Å². The second kappa shape index (κ2) is 5.98. The first-order chi connectivity index (χ1) is 8.68. The van der Waals surface area contributed by atoms with Crippen LogP contribution in [0.25, 0.3) is 0 Å². The summed E-state index contributed by atoms with van der Waals surface area (Å²) in [5, 5.41) is 4.35. The molecule has 2 rings (SSSR count). The molecule has 1 unspecified atom stereocenters. The second-order valence-electron chi connectivity index (χ2n) is 4.41. The summed E-state index contributed by atoms with van der Waals surface area (Å²) in [5.41, 5.74) is 2.35. The maximum Gasteiger partial charge on any atom is 0.0453 e. The summed E-state index contributed by atoms with van der Waals surface area (Å²) >= 11 is 6.20. The van der Waals surface area contributed by atoms with Crippen LogP contribution in [0.15, 0.2) is 48.8 Å². The topological polar surface area (TPSA) is 24.9 Å². The molecule has 0 aliphatic rings. The van der Waals surface area contributed by atoms with E-state index in [0.717, 1.165) is 10.6 Å². The lowest BCUT2D eigenvalue weighted by Crippen LogP contribution is -2.22. The standard InChI is InChI=1S/C15H17ClN2/c1-11(13-7-9-17-10-8-13)18-12(2)14-5-3-4-6-15(14)16/h3-12,18H,1-2H3/t11-,12?/m0/s1. The van der Waals surface area contributed by atoms with Crippen LogP contribution in [0.5, 0.6) is 0 Å². The van der Waals surface area contributed by atoms with Gasteiger partial charge in [-0.3, -0.25) is 4.98 Å². The van der Waals surface area contributed by atoms with Gasteiger partial charge < -0.3 is 5.32 Å². The molecule has 0 spiro atoms. The van der Waals surface area contributed by atoms with Crippen molar-refractivity contribution >= 4 is 11.6 Å². The number of aromatic nitrogens is 1. The molecule has 1 heterocycles. The van der Waals surface area contributed by atoms with Crippen LogP contribution in [0.1, 0.15) is 37.1 Å². The molecule has 0 saturated carbocycles. The molecule has 0 aliphatic heterocycles. The summed E-state index contributed by atoms with van der Waals surface area (Å²) in [7, 11) is 0. The van der Waals surface area contributed by atoms with Gasteiger partial charge in [-0.1, -0.05) is 29.8 Å². The van der Waals surface area contributed by atoms with Crippen LogP contribution in [0.2, 0.25) is 5.02 Å². The monoisotopic (exact) mass is 260 g/mol. The van der Waals surface area contributed by atoms with Gasteiger partial charge in [0.25, 0.3) is 0 Å². The predicted molar refractivity (Wildman–Crippen MR) is 75.7 cm³/mol. The first-order valence-electron chi connectivity index (χ1n) is 6.09. The van der Waals surface area contributed by atoms with Gasteiger partial charge in [0.05, 0.1) is 0 Å². The molecule has 0 saturated heterocycles. The van der Waals surface area contributed by atoms with Crippen molar-refractivity contribution in [1.29, 1.82) is 0 Å². The van der Waals surface area contributed by atoms with E-state index in [0.29, 0.717) is 0 Å². The lowest BCUT2D eigenvalue weighted by Gasteiger charge is -2.21. The van der Waals surface area contributed by atoms with Crippen LogP contribution >= 0.6 is 11.6 Å². The molecule has 2 nitrogen and oxygen atoms in total. The van der Waals surface area contributed by atoms with E-state index in [2.05, 4.69) is 30.2 Å². The maximum atomic E-state index is 6.20. The van der Waals surface area contributed by atoms with Crippen LogP contribution < -0.4 is 5.32 Å². The molecule has 18 heavy (non-hydrogen) atoms. The first kappa shape index (κ1) is 13.1. The van der Waals surface area contributed by atoms with Crippen molar-refractivity contribution in [3.05, 3.63) is 64.9 Å². The number of pyridine rings is 1. The van der Waals surface area contributed by atoms with Crippen LogP contribution in [-0.2, 0) is 0 Å². The number of hydrogen-bond donors (Lipinski definition) is 1. The minimum absolute atomic E-state index is 0.210. The van der Waals surface area contributed by atoms with E-state index in [-0.39, 0.29) is 12.1 Å². The van der Waals surface area contributed by atoms with Gasteiger partial charge in [-0.15, -0.1) is 0 Å². The van der Waals surface area contributed by atoms with Crippen LogP contribution in [0, 0.1) is 0 Å².